The van der Waals surface area contributed by atoms with E-state index in [0.717, 1.165) is 31.6 Å². The van der Waals surface area contributed by atoms with E-state index in [0.29, 0.717) is 12.5 Å². The maximum absolute atomic E-state index is 6.05. The lowest BCUT2D eigenvalue weighted by molar-refractivity contribution is 0.309. The van der Waals surface area contributed by atoms with Gasteiger partial charge in [-0.25, -0.2) is 0 Å². The van der Waals surface area contributed by atoms with Crippen LogP contribution in [0.3, 0.4) is 0 Å². The van der Waals surface area contributed by atoms with Crippen molar-refractivity contribution < 1.29 is 4.74 Å². The van der Waals surface area contributed by atoms with Crippen molar-refractivity contribution in [3.8, 4) is 5.75 Å². The van der Waals surface area contributed by atoms with Gasteiger partial charge in [0.1, 0.15) is 5.75 Å². The molecule has 2 aromatic carbocycles. The molecule has 124 valence electrons. The Morgan fingerprint density at radius 2 is 1.87 bits per heavy atom. The molecule has 23 heavy (non-hydrogen) atoms. The molecule has 0 aromatic heterocycles. The molecule has 0 aliphatic carbocycles. The van der Waals surface area contributed by atoms with Crippen molar-refractivity contribution in [1.82, 2.24) is 0 Å². The molecule has 0 aliphatic heterocycles. The van der Waals surface area contributed by atoms with E-state index in [4.69, 9.17) is 10.5 Å². The first-order valence-electron chi connectivity index (χ1n) is 8.63. The van der Waals surface area contributed by atoms with Crippen molar-refractivity contribution in [3.63, 3.8) is 0 Å². The van der Waals surface area contributed by atoms with Gasteiger partial charge in [-0.2, -0.15) is 0 Å². The van der Waals surface area contributed by atoms with Crippen LogP contribution in [-0.4, -0.2) is 13.2 Å². The molecular formula is C21H29NO. The van der Waals surface area contributed by atoms with Gasteiger partial charge in [-0.1, -0.05) is 43.7 Å². The SMILES string of the molecule is CCCCOc1cccc(CC(CN)c2ccc(C)c(C)c2)c1. The van der Waals surface area contributed by atoms with E-state index >= 15 is 0 Å². The van der Waals surface area contributed by atoms with Crippen molar-refractivity contribution in [2.45, 2.75) is 46.0 Å². The molecule has 0 saturated heterocycles. The van der Waals surface area contributed by atoms with E-state index in [2.05, 4.69) is 57.2 Å². The third-order valence-electron chi connectivity index (χ3n) is 4.43. The molecule has 0 fully saturated rings. The second-order valence-corrected chi connectivity index (χ2v) is 6.33. The molecular weight excluding hydrogens is 282 g/mol. The lowest BCUT2D eigenvalue weighted by Crippen LogP contribution is -2.15. The summed E-state index contributed by atoms with van der Waals surface area (Å²) in [6.45, 7) is 7.93. The fourth-order valence-electron chi connectivity index (χ4n) is 2.74. The van der Waals surface area contributed by atoms with Gasteiger partial charge in [0, 0.05) is 5.92 Å². The molecule has 2 nitrogen and oxygen atoms in total. The fourth-order valence-corrected chi connectivity index (χ4v) is 2.74. The van der Waals surface area contributed by atoms with Crippen LogP contribution >= 0.6 is 0 Å². The van der Waals surface area contributed by atoms with Crippen molar-refractivity contribution in [2.75, 3.05) is 13.2 Å². The number of rotatable bonds is 8. The normalized spacial score (nSPS) is 12.2. The molecule has 0 saturated carbocycles. The van der Waals surface area contributed by atoms with Crippen LogP contribution in [0.4, 0.5) is 0 Å². The van der Waals surface area contributed by atoms with E-state index in [1.807, 2.05) is 6.07 Å². The Labute approximate surface area is 140 Å². The lowest BCUT2D eigenvalue weighted by atomic mass is 9.90. The van der Waals surface area contributed by atoms with Crippen LogP contribution in [0.5, 0.6) is 5.75 Å². The summed E-state index contributed by atoms with van der Waals surface area (Å²) in [5.41, 5.74) is 11.3. The molecule has 0 aliphatic rings. The Hall–Kier alpha value is -1.80. The predicted molar refractivity (Wildman–Crippen MR) is 98.3 cm³/mol. The number of ether oxygens (including phenoxy) is 1. The predicted octanol–water partition coefficient (Wildman–Crippen LogP) is 4.77. The van der Waals surface area contributed by atoms with Crippen LogP contribution in [0, 0.1) is 13.8 Å². The largest absolute Gasteiger partial charge is 0.494 e. The zero-order valence-corrected chi connectivity index (χ0v) is 14.6. The standard InChI is InChI=1S/C21H29NO/c1-4-5-11-23-21-8-6-7-18(14-21)13-20(15-22)19-10-9-16(2)17(3)12-19/h6-10,12,14,20H,4-5,11,13,15,22H2,1-3H3. The molecule has 1 atom stereocenters. The molecule has 0 amide bonds. The molecule has 2 aromatic rings. The summed E-state index contributed by atoms with van der Waals surface area (Å²) in [6, 6.07) is 15.1. The average molecular weight is 311 g/mol. The highest BCUT2D eigenvalue weighted by Crippen LogP contribution is 2.24. The van der Waals surface area contributed by atoms with Gasteiger partial charge in [-0.05, 0) is 67.6 Å². The summed E-state index contributed by atoms with van der Waals surface area (Å²) >= 11 is 0. The van der Waals surface area contributed by atoms with Crippen molar-refractivity contribution in [1.29, 1.82) is 0 Å². The average Bonchev–Trinajstić information content (AvgIpc) is 2.56. The minimum absolute atomic E-state index is 0.347. The molecule has 2 N–H and O–H groups in total. The highest BCUT2D eigenvalue weighted by molar-refractivity contribution is 5.35. The van der Waals surface area contributed by atoms with E-state index in [-0.39, 0.29) is 0 Å². The van der Waals surface area contributed by atoms with E-state index < -0.39 is 0 Å². The summed E-state index contributed by atoms with van der Waals surface area (Å²) in [5, 5.41) is 0. The number of hydrogen-bond donors (Lipinski definition) is 1. The van der Waals surface area contributed by atoms with E-state index in [9.17, 15) is 0 Å². The van der Waals surface area contributed by atoms with E-state index in [1.54, 1.807) is 0 Å². The molecule has 0 heterocycles. The Morgan fingerprint density at radius 1 is 1.04 bits per heavy atom. The maximum Gasteiger partial charge on any atom is 0.119 e. The molecule has 1 unspecified atom stereocenters. The quantitative estimate of drug-likeness (QED) is 0.713. The van der Waals surface area contributed by atoms with Crippen LogP contribution in [0.1, 0.15) is 47.9 Å². The lowest BCUT2D eigenvalue weighted by Gasteiger charge is -2.17. The Morgan fingerprint density at radius 3 is 2.57 bits per heavy atom. The van der Waals surface area contributed by atoms with Gasteiger partial charge in [-0.15, -0.1) is 0 Å². The Bertz CT molecular complexity index is 621. The first kappa shape index (κ1) is 17.6. The molecule has 0 spiro atoms. The van der Waals surface area contributed by atoms with Gasteiger partial charge >= 0.3 is 0 Å². The zero-order chi connectivity index (χ0) is 16.7. The highest BCUT2D eigenvalue weighted by atomic mass is 16.5. The van der Waals surface area contributed by atoms with Crippen LogP contribution in [0.15, 0.2) is 42.5 Å². The van der Waals surface area contributed by atoms with Crippen LogP contribution in [-0.2, 0) is 6.42 Å². The first-order valence-corrected chi connectivity index (χ1v) is 8.63. The van der Waals surface area contributed by atoms with Gasteiger partial charge in [0.2, 0.25) is 0 Å². The summed E-state index contributed by atoms with van der Waals surface area (Å²) in [7, 11) is 0. The molecule has 0 radical (unpaired) electrons. The van der Waals surface area contributed by atoms with Crippen molar-refractivity contribution in [2.24, 2.45) is 5.73 Å². The maximum atomic E-state index is 6.05. The summed E-state index contributed by atoms with van der Waals surface area (Å²) in [4.78, 5) is 0. The van der Waals surface area contributed by atoms with Crippen LogP contribution in [0.2, 0.25) is 0 Å². The minimum Gasteiger partial charge on any atom is -0.494 e. The third kappa shape index (κ3) is 5.11. The number of aryl methyl sites for hydroxylation is 2. The molecule has 2 heteroatoms. The number of nitrogens with two attached hydrogens (primary N) is 1. The van der Waals surface area contributed by atoms with Crippen molar-refractivity contribution >= 4 is 0 Å². The minimum atomic E-state index is 0.347. The number of hydrogen-bond acceptors (Lipinski definition) is 2. The van der Waals surface area contributed by atoms with Crippen LogP contribution < -0.4 is 10.5 Å². The van der Waals surface area contributed by atoms with Gasteiger partial charge in [0.05, 0.1) is 6.61 Å². The second kappa shape index (κ2) is 8.73. The smallest absolute Gasteiger partial charge is 0.119 e. The summed E-state index contributed by atoms with van der Waals surface area (Å²) in [5.74, 6) is 1.31. The number of unbranched alkanes of at least 4 members (excludes halogenated alkanes) is 1. The Kier molecular flexibility index (Phi) is 6.66. The van der Waals surface area contributed by atoms with Gasteiger partial charge in [-0.3, -0.25) is 0 Å². The van der Waals surface area contributed by atoms with Crippen molar-refractivity contribution in [3.05, 3.63) is 64.7 Å². The van der Waals surface area contributed by atoms with Gasteiger partial charge < -0.3 is 10.5 Å². The van der Waals surface area contributed by atoms with Crippen LogP contribution in [0.25, 0.3) is 0 Å². The van der Waals surface area contributed by atoms with Gasteiger partial charge in [0.25, 0.3) is 0 Å². The third-order valence-corrected chi connectivity index (χ3v) is 4.43. The Balaban J connectivity index is 2.09. The zero-order valence-electron chi connectivity index (χ0n) is 14.6. The fraction of sp³-hybridized carbons (Fsp3) is 0.429. The van der Waals surface area contributed by atoms with E-state index in [1.165, 1.54) is 22.3 Å². The topological polar surface area (TPSA) is 35.2 Å². The summed E-state index contributed by atoms with van der Waals surface area (Å²) < 4.78 is 5.81. The molecule has 0 bridgehead atoms. The van der Waals surface area contributed by atoms with Gasteiger partial charge in [0.15, 0.2) is 0 Å². The molecule has 2 rings (SSSR count). The number of benzene rings is 2. The highest BCUT2D eigenvalue weighted by Gasteiger charge is 2.12. The summed E-state index contributed by atoms with van der Waals surface area (Å²) in [6.07, 6.45) is 3.20. The first-order chi connectivity index (χ1) is 11.1. The monoisotopic (exact) mass is 311 g/mol. The second-order valence-electron chi connectivity index (χ2n) is 6.33.